The highest BCUT2D eigenvalue weighted by Crippen LogP contribution is 2.44. The van der Waals surface area contributed by atoms with E-state index in [4.69, 9.17) is 9.47 Å². The molecule has 1 fully saturated rings. The minimum absolute atomic E-state index is 0.0366. The van der Waals surface area contributed by atoms with Crippen molar-refractivity contribution in [1.29, 1.82) is 0 Å². The first-order chi connectivity index (χ1) is 14.1. The lowest BCUT2D eigenvalue weighted by Gasteiger charge is -2.23. The van der Waals surface area contributed by atoms with Gasteiger partial charge in [0.2, 0.25) is 0 Å². The molecule has 2 aliphatic rings. The molecule has 0 saturated carbocycles. The number of carbonyl (C=O) groups excluding carboxylic acids is 2. The van der Waals surface area contributed by atoms with Gasteiger partial charge in [-0.1, -0.05) is 30.3 Å². The molecule has 1 saturated heterocycles. The van der Waals surface area contributed by atoms with Gasteiger partial charge in [0.05, 0.1) is 5.56 Å². The molecule has 2 aliphatic heterocycles. The SMILES string of the molecule is CNC(=O)c1cc(C(=O)NC2CCOCC2)cc2c1OC(C)C2c1ccccc1. The van der Waals surface area contributed by atoms with Gasteiger partial charge >= 0.3 is 0 Å². The zero-order valence-corrected chi connectivity index (χ0v) is 16.7. The third-order valence-corrected chi connectivity index (χ3v) is 5.67. The van der Waals surface area contributed by atoms with Gasteiger partial charge in [0, 0.05) is 43.3 Å². The van der Waals surface area contributed by atoms with Gasteiger partial charge in [-0.3, -0.25) is 9.59 Å². The molecule has 2 unspecified atom stereocenters. The summed E-state index contributed by atoms with van der Waals surface area (Å²) in [4.78, 5) is 25.5. The Balaban J connectivity index is 1.73. The summed E-state index contributed by atoms with van der Waals surface area (Å²) in [5, 5.41) is 5.75. The number of benzene rings is 2. The van der Waals surface area contributed by atoms with Crippen LogP contribution in [0.5, 0.6) is 5.75 Å². The van der Waals surface area contributed by atoms with Gasteiger partial charge in [0.15, 0.2) is 0 Å². The summed E-state index contributed by atoms with van der Waals surface area (Å²) in [5.41, 5.74) is 2.85. The van der Waals surface area contributed by atoms with Gasteiger partial charge in [-0.15, -0.1) is 0 Å². The van der Waals surface area contributed by atoms with Crippen molar-refractivity contribution in [2.24, 2.45) is 0 Å². The van der Waals surface area contributed by atoms with Crippen LogP contribution in [0.15, 0.2) is 42.5 Å². The normalized spacial score (nSPS) is 21.2. The number of fused-ring (bicyclic) bond motifs is 1. The fourth-order valence-corrected chi connectivity index (χ4v) is 4.18. The van der Waals surface area contributed by atoms with E-state index in [1.54, 1.807) is 13.1 Å². The predicted octanol–water partition coefficient (Wildman–Crippen LogP) is 2.87. The van der Waals surface area contributed by atoms with Crippen LogP contribution in [0.1, 0.15) is 57.5 Å². The lowest BCUT2D eigenvalue weighted by Crippen LogP contribution is -2.39. The Morgan fingerprint density at radius 3 is 2.45 bits per heavy atom. The molecule has 2 aromatic rings. The van der Waals surface area contributed by atoms with E-state index in [2.05, 4.69) is 10.6 Å². The quantitative estimate of drug-likeness (QED) is 0.836. The first-order valence-corrected chi connectivity index (χ1v) is 10.1. The van der Waals surface area contributed by atoms with Crippen molar-refractivity contribution in [3.05, 3.63) is 64.7 Å². The molecule has 0 radical (unpaired) electrons. The average Bonchev–Trinajstić information content (AvgIpc) is 3.09. The summed E-state index contributed by atoms with van der Waals surface area (Å²) in [6.07, 6.45) is 1.46. The van der Waals surface area contributed by atoms with E-state index in [0.717, 1.165) is 24.0 Å². The van der Waals surface area contributed by atoms with E-state index in [-0.39, 0.29) is 29.9 Å². The third-order valence-electron chi connectivity index (χ3n) is 5.67. The molecule has 0 bridgehead atoms. The van der Waals surface area contributed by atoms with E-state index in [1.165, 1.54) is 0 Å². The second kappa shape index (κ2) is 8.25. The molecule has 0 aromatic heterocycles. The summed E-state index contributed by atoms with van der Waals surface area (Å²) >= 11 is 0. The molecule has 0 spiro atoms. The van der Waals surface area contributed by atoms with Crippen molar-refractivity contribution in [3.8, 4) is 5.75 Å². The smallest absolute Gasteiger partial charge is 0.254 e. The summed E-state index contributed by atoms with van der Waals surface area (Å²) in [7, 11) is 1.58. The standard InChI is InChI=1S/C23H26N2O4/c1-14-20(15-6-4-3-5-7-15)18-12-16(13-19(21(18)29-14)23(27)24-2)22(26)25-17-8-10-28-11-9-17/h3-7,12-14,17,20H,8-11H2,1-2H3,(H,24,27)(H,25,26). The van der Waals surface area contributed by atoms with E-state index < -0.39 is 0 Å². The van der Waals surface area contributed by atoms with Gasteiger partial charge < -0.3 is 20.1 Å². The maximum absolute atomic E-state index is 13.0. The lowest BCUT2D eigenvalue weighted by atomic mass is 9.87. The summed E-state index contributed by atoms with van der Waals surface area (Å²) in [6.45, 7) is 3.30. The van der Waals surface area contributed by atoms with Crippen LogP contribution in [0.4, 0.5) is 0 Å². The van der Waals surface area contributed by atoms with Crippen molar-refractivity contribution in [2.75, 3.05) is 20.3 Å². The Bertz CT molecular complexity index is 907. The van der Waals surface area contributed by atoms with Crippen LogP contribution in [-0.4, -0.2) is 44.2 Å². The molecule has 29 heavy (non-hydrogen) atoms. The second-order valence-corrected chi connectivity index (χ2v) is 7.59. The van der Waals surface area contributed by atoms with Crippen LogP contribution >= 0.6 is 0 Å². The van der Waals surface area contributed by atoms with Gasteiger partial charge in [-0.2, -0.15) is 0 Å². The van der Waals surface area contributed by atoms with Crippen LogP contribution in [0.25, 0.3) is 0 Å². The summed E-state index contributed by atoms with van der Waals surface area (Å²) < 4.78 is 11.5. The zero-order valence-electron chi connectivity index (χ0n) is 16.7. The Labute approximate surface area is 170 Å². The number of ether oxygens (including phenoxy) is 2. The number of rotatable bonds is 4. The highest BCUT2D eigenvalue weighted by Gasteiger charge is 2.36. The maximum Gasteiger partial charge on any atom is 0.254 e. The zero-order chi connectivity index (χ0) is 20.4. The first-order valence-electron chi connectivity index (χ1n) is 10.1. The molecular formula is C23H26N2O4. The monoisotopic (exact) mass is 394 g/mol. The minimum Gasteiger partial charge on any atom is -0.489 e. The van der Waals surface area contributed by atoms with E-state index in [9.17, 15) is 9.59 Å². The Morgan fingerprint density at radius 1 is 1.03 bits per heavy atom. The van der Waals surface area contributed by atoms with Crippen LogP contribution in [-0.2, 0) is 4.74 Å². The second-order valence-electron chi connectivity index (χ2n) is 7.59. The molecule has 2 amide bonds. The molecule has 152 valence electrons. The molecule has 2 heterocycles. The number of nitrogens with one attached hydrogen (secondary N) is 2. The van der Waals surface area contributed by atoms with Crippen LogP contribution in [0.2, 0.25) is 0 Å². The Kier molecular flexibility index (Phi) is 5.53. The van der Waals surface area contributed by atoms with Gasteiger partial charge in [-0.25, -0.2) is 0 Å². The fraction of sp³-hybridized carbons (Fsp3) is 0.391. The van der Waals surface area contributed by atoms with Gasteiger partial charge in [-0.05, 0) is 37.5 Å². The van der Waals surface area contributed by atoms with Crippen LogP contribution in [0, 0.1) is 0 Å². The number of hydrogen-bond acceptors (Lipinski definition) is 4. The molecule has 0 aliphatic carbocycles. The predicted molar refractivity (Wildman–Crippen MR) is 110 cm³/mol. The van der Waals surface area contributed by atoms with Crippen molar-refractivity contribution >= 4 is 11.8 Å². The lowest BCUT2D eigenvalue weighted by molar-refractivity contribution is 0.0696. The Morgan fingerprint density at radius 2 is 1.76 bits per heavy atom. The maximum atomic E-state index is 13.0. The molecule has 2 N–H and O–H groups in total. The van der Waals surface area contributed by atoms with E-state index >= 15 is 0 Å². The molecule has 6 heteroatoms. The molecule has 4 rings (SSSR count). The van der Waals surface area contributed by atoms with Crippen molar-refractivity contribution < 1.29 is 19.1 Å². The van der Waals surface area contributed by atoms with Gasteiger partial charge in [0.1, 0.15) is 11.9 Å². The third kappa shape index (κ3) is 3.85. The molecule has 2 aromatic carbocycles. The van der Waals surface area contributed by atoms with Gasteiger partial charge in [0.25, 0.3) is 11.8 Å². The number of amides is 2. The number of hydrogen-bond donors (Lipinski definition) is 2. The average molecular weight is 394 g/mol. The van der Waals surface area contributed by atoms with Crippen molar-refractivity contribution in [2.45, 2.75) is 37.8 Å². The highest BCUT2D eigenvalue weighted by molar-refractivity contribution is 6.02. The van der Waals surface area contributed by atoms with Crippen LogP contribution in [0.3, 0.4) is 0 Å². The van der Waals surface area contributed by atoms with E-state index in [0.29, 0.717) is 30.1 Å². The van der Waals surface area contributed by atoms with Crippen LogP contribution < -0.4 is 15.4 Å². The fourth-order valence-electron chi connectivity index (χ4n) is 4.18. The Hall–Kier alpha value is -2.86. The van der Waals surface area contributed by atoms with E-state index in [1.807, 2.05) is 43.3 Å². The molecular weight excluding hydrogens is 368 g/mol. The molecule has 2 atom stereocenters. The van der Waals surface area contributed by atoms with Crippen molar-refractivity contribution in [1.82, 2.24) is 10.6 Å². The highest BCUT2D eigenvalue weighted by atomic mass is 16.5. The number of carbonyl (C=O) groups is 2. The summed E-state index contributed by atoms with van der Waals surface area (Å²) in [6, 6.07) is 13.6. The van der Waals surface area contributed by atoms with Crippen molar-refractivity contribution in [3.63, 3.8) is 0 Å². The largest absolute Gasteiger partial charge is 0.489 e. The minimum atomic E-state index is -0.261. The first kappa shape index (κ1) is 19.5. The topological polar surface area (TPSA) is 76.7 Å². The molecule has 6 nitrogen and oxygen atoms in total. The summed E-state index contributed by atoms with van der Waals surface area (Å²) in [5.74, 6) is 0.0952.